The summed E-state index contributed by atoms with van der Waals surface area (Å²) in [6.07, 6.45) is -4.56. The molecule has 3 aromatic carbocycles. The molecule has 0 atom stereocenters. The van der Waals surface area contributed by atoms with Crippen LogP contribution in [0.15, 0.2) is 58.5 Å². The predicted molar refractivity (Wildman–Crippen MR) is 98.4 cm³/mol. The number of aliphatic imine (C=N–C) groups is 1. The second-order valence-corrected chi connectivity index (χ2v) is 7.10. The van der Waals surface area contributed by atoms with E-state index in [1.54, 1.807) is 6.07 Å². The summed E-state index contributed by atoms with van der Waals surface area (Å²) in [4.78, 5) is 4.39. The van der Waals surface area contributed by atoms with E-state index in [0.717, 1.165) is 22.4 Å². The molecule has 1 aliphatic carbocycles. The Morgan fingerprint density at radius 1 is 1.04 bits per heavy atom. The van der Waals surface area contributed by atoms with E-state index in [1.807, 2.05) is 24.3 Å². The van der Waals surface area contributed by atoms with Gasteiger partial charge in [0.2, 0.25) is 0 Å². The van der Waals surface area contributed by atoms with Gasteiger partial charge < -0.3 is 4.74 Å². The average Bonchev–Trinajstić information content (AvgIpc) is 2.76. The molecular formula is C20H9BrF3NO. The fourth-order valence-electron chi connectivity index (χ4n) is 3.55. The van der Waals surface area contributed by atoms with Gasteiger partial charge >= 0.3 is 6.18 Å². The molecule has 0 aromatic heterocycles. The third-order valence-corrected chi connectivity index (χ3v) is 5.10. The fourth-order valence-corrected chi connectivity index (χ4v) is 3.98. The zero-order valence-corrected chi connectivity index (χ0v) is 14.7. The summed E-state index contributed by atoms with van der Waals surface area (Å²) in [5.74, 6) is 0.543. The molecule has 0 saturated carbocycles. The SMILES string of the molecule is C=C1C2=Nc3c(cc(Br)cc3C(F)(F)F)Oc3ccc4cccc1c4c32. The Morgan fingerprint density at radius 2 is 1.85 bits per heavy atom. The van der Waals surface area contributed by atoms with Crippen LogP contribution in [0.3, 0.4) is 0 Å². The quantitative estimate of drug-likeness (QED) is 0.392. The van der Waals surface area contributed by atoms with Gasteiger partial charge in [0, 0.05) is 15.4 Å². The normalized spacial score (nSPS) is 14.8. The van der Waals surface area contributed by atoms with Crippen molar-refractivity contribution >= 4 is 43.7 Å². The first-order valence-corrected chi connectivity index (χ1v) is 8.57. The molecule has 0 spiro atoms. The maximum Gasteiger partial charge on any atom is 0.418 e. The Bertz CT molecular complexity index is 1180. The van der Waals surface area contributed by atoms with Crippen LogP contribution >= 0.6 is 15.9 Å². The standard InChI is InChI=1S/C20H9BrF3NO/c1-9-12-4-2-3-10-5-6-14-17(16(10)12)18(9)25-19-13(20(22,23)24)7-11(21)8-15(19)26-14/h2-8H,1H2. The lowest BCUT2D eigenvalue weighted by molar-refractivity contribution is -0.137. The van der Waals surface area contributed by atoms with Crippen molar-refractivity contribution in [2.75, 3.05) is 0 Å². The van der Waals surface area contributed by atoms with Crippen molar-refractivity contribution in [3.8, 4) is 11.5 Å². The Kier molecular flexibility index (Phi) is 2.99. The van der Waals surface area contributed by atoms with E-state index in [2.05, 4.69) is 27.5 Å². The van der Waals surface area contributed by atoms with Crippen molar-refractivity contribution in [2.24, 2.45) is 4.99 Å². The number of hydrogen-bond donors (Lipinski definition) is 0. The second-order valence-electron chi connectivity index (χ2n) is 6.18. The van der Waals surface area contributed by atoms with Crippen LogP contribution in [-0.2, 0) is 6.18 Å². The molecule has 1 heterocycles. The van der Waals surface area contributed by atoms with Crippen molar-refractivity contribution in [2.45, 2.75) is 6.18 Å². The van der Waals surface area contributed by atoms with E-state index < -0.39 is 11.7 Å². The maximum atomic E-state index is 13.6. The number of fused-ring (bicyclic) bond motifs is 1. The minimum atomic E-state index is -4.56. The molecule has 26 heavy (non-hydrogen) atoms. The van der Waals surface area contributed by atoms with Crippen molar-refractivity contribution < 1.29 is 17.9 Å². The summed E-state index contributed by atoms with van der Waals surface area (Å²) in [6, 6.07) is 11.9. The van der Waals surface area contributed by atoms with Gasteiger partial charge in [0.15, 0.2) is 5.75 Å². The van der Waals surface area contributed by atoms with E-state index >= 15 is 0 Å². The summed E-state index contributed by atoms with van der Waals surface area (Å²) in [6.45, 7) is 4.07. The summed E-state index contributed by atoms with van der Waals surface area (Å²) >= 11 is 3.13. The minimum absolute atomic E-state index is 0.0643. The molecule has 3 aromatic rings. The monoisotopic (exact) mass is 415 g/mol. The second kappa shape index (κ2) is 4.98. The van der Waals surface area contributed by atoms with Crippen molar-refractivity contribution in [3.05, 3.63) is 70.2 Å². The van der Waals surface area contributed by atoms with Crippen molar-refractivity contribution in [3.63, 3.8) is 0 Å². The first-order valence-electron chi connectivity index (χ1n) is 7.77. The van der Waals surface area contributed by atoms with Gasteiger partial charge in [-0.2, -0.15) is 13.2 Å². The molecule has 5 rings (SSSR count). The Morgan fingerprint density at radius 3 is 2.62 bits per heavy atom. The lowest BCUT2D eigenvalue weighted by atomic mass is 10.0. The van der Waals surface area contributed by atoms with Crippen LogP contribution in [-0.4, -0.2) is 5.71 Å². The lowest BCUT2D eigenvalue weighted by Crippen LogP contribution is -2.06. The third kappa shape index (κ3) is 2.02. The van der Waals surface area contributed by atoms with Crippen LogP contribution in [0.5, 0.6) is 11.5 Å². The highest BCUT2D eigenvalue weighted by Crippen LogP contribution is 2.51. The zero-order chi connectivity index (χ0) is 18.2. The van der Waals surface area contributed by atoms with Gasteiger partial charge in [-0.25, -0.2) is 4.99 Å². The van der Waals surface area contributed by atoms with Gasteiger partial charge in [0.1, 0.15) is 11.4 Å². The first kappa shape index (κ1) is 15.6. The van der Waals surface area contributed by atoms with E-state index in [-0.39, 0.29) is 15.9 Å². The molecule has 0 saturated heterocycles. The molecule has 6 heteroatoms. The van der Waals surface area contributed by atoms with Gasteiger partial charge in [-0.15, -0.1) is 0 Å². The smallest absolute Gasteiger partial charge is 0.418 e. The molecular weight excluding hydrogens is 407 g/mol. The third-order valence-electron chi connectivity index (χ3n) is 4.64. The molecule has 0 fully saturated rings. The number of nitrogens with zero attached hydrogens (tertiary/aromatic N) is 1. The minimum Gasteiger partial charge on any atom is -0.454 e. The van der Waals surface area contributed by atoms with E-state index in [0.29, 0.717) is 22.6 Å². The highest BCUT2D eigenvalue weighted by atomic mass is 79.9. The number of halogens is 4. The molecule has 0 bridgehead atoms. The Hall–Kier alpha value is -2.60. The van der Waals surface area contributed by atoms with Gasteiger partial charge in [-0.05, 0) is 29.1 Å². The van der Waals surface area contributed by atoms with Gasteiger partial charge in [0.25, 0.3) is 0 Å². The van der Waals surface area contributed by atoms with Crippen LogP contribution < -0.4 is 4.74 Å². The summed E-state index contributed by atoms with van der Waals surface area (Å²) < 4.78 is 46.9. The molecule has 1 aliphatic heterocycles. The van der Waals surface area contributed by atoms with Crippen LogP contribution in [0.1, 0.15) is 16.7 Å². The summed E-state index contributed by atoms with van der Waals surface area (Å²) in [5.41, 5.74) is 1.53. The number of allylic oxidation sites excluding steroid dienone is 1. The van der Waals surface area contributed by atoms with Crippen LogP contribution in [0.4, 0.5) is 18.9 Å². The number of rotatable bonds is 0. The summed E-state index contributed by atoms with van der Waals surface area (Å²) in [5, 5.41) is 1.88. The fraction of sp³-hybridized carbons (Fsp3) is 0.0500. The van der Waals surface area contributed by atoms with Crippen LogP contribution in [0.25, 0.3) is 16.3 Å². The van der Waals surface area contributed by atoms with Crippen LogP contribution in [0, 0.1) is 0 Å². The van der Waals surface area contributed by atoms with E-state index in [4.69, 9.17) is 4.74 Å². The van der Waals surface area contributed by atoms with Crippen LogP contribution in [0.2, 0.25) is 0 Å². The largest absolute Gasteiger partial charge is 0.454 e. The van der Waals surface area contributed by atoms with Gasteiger partial charge in [0.05, 0.1) is 16.8 Å². The van der Waals surface area contributed by atoms with E-state index in [9.17, 15) is 13.2 Å². The summed E-state index contributed by atoms with van der Waals surface area (Å²) in [7, 11) is 0. The first-order chi connectivity index (χ1) is 12.3. The topological polar surface area (TPSA) is 21.6 Å². The molecule has 2 aliphatic rings. The van der Waals surface area contributed by atoms with Crippen molar-refractivity contribution in [1.82, 2.24) is 0 Å². The Balaban J connectivity index is 1.90. The van der Waals surface area contributed by atoms with Crippen molar-refractivity contribution in [1.29, 1.82) is 0 Å². The molecule has 0 unspecified atom stereocenters. The highest BCUT2D eigenvalue weighted by molar-refractivity contribution is 9.10. The lowest BCUT2D eigenvalue weighted by Gasteiger charge is -2.14. The number of benzene rings is 3. The molecule has 128 valence electrons. The molecule has 0 radical (unpaired) electrons. The van der Waals surface area contributed by atoms with Gasteiger partial charge in [-0.1, -0.05) is 46.8 Å². The number of hydrogen-bond acceptors (Lipinski definition) is 2. The number of alkyl halides is 3. The Labute approximate surface area is 154 Å². The predicted octanol–water partition coefficient (Wildman–Crippen LogP) is 6.87. The highest BCUT2D eigenvalue weighted by Gasteiger charge is 2.38. The van der Waals surface area contributed by atoms with Gasteiger partial charge in [-0.3, -0.25) is 0 Å². The molecule has 0 N–H and O–H groups in total. The average molecular weight is 416 g/mol. The number of ether oxygens (including phenoxy) is 1. The van der Waals surface area contributed by atoms with E-state index in [1.165, 1.54) is 6.07 Å². The maximum absolute atomic E-state index is 13.6. The zero-order valence-electron chi connectivity index (χ0n) is 13.1. The molecule has 0 amide bonds. The molecule has 2 nitrogen and oxygen atoms in total.